The Kier molecular flexibility index (Phi) is 4.91. The lowest BCUT2D eigenvalue weighted by Crippen LogP contribution is -2.18. The number of hydrogen-bond acceptors (Lipinski definition) is 4. The van der Waals surface area contributed by atoms with Gasteiger partial charge in [-0.05, 0) is 48.7 Å². The van der Waals surface area contributed by atoms with Gasteiger partial charge in [-0.1, -0.05) is 12.1 Å². The van der Waals surface area contributed by atoms with Crippen LogP contribution in [0.3, 0.4) is 0 Å². The average Bonchev–Trinajstić information content (AvgIpc) is 3.55. The molecule has 1 aliphatic rings. The van der Waals surface area contributed by atoms with Gasteiger partial charge in [0, 0.05) is 18.0 Å². The van der Waals surface area contributed by atoms with Gasteiger partial charge in [-0.3, -0.25) is 9.71 Å². The minimum absolute atomic E-state index is 0.131. The van der Waals surface area contributed by atoms with Gasteiger partial charge in [0.05, 0.1) is 16.6 Å². The van der Waals surface area contributed by atoms with Gasteiger partial charge in [0.15, 0.2) is 11.6 Å². The van der Waals surface area contributed by atoms with E-state index >= 15 is 0 Å². The van der Waals surface area contributed by atoms with Crippen LogP contribution in [0, 0.1) is 17.5 Å². The maximum absolute atomic E-state index is 14.6. The summed E-state index contributed by atoms with van der Waals surface area (Å²) in [7, 11) is -3.72. The van der Waals surface area contributed by atoms with Crippen molar-refractivity contribution < 1.29 is 21.6 Å². The molecule has 1 aromatic heterocycles. The first-order valence-corrected chi connectivity index (χ1v) is 10.4. The molecule has 4 rings (SSSR count). The van der Waals surface area contributed by atoms with Gasteiger partial charge >= 0.3 is 0 Å². The molecule has 0 unspecified atom stereocenters. The molecular weight excluding hydrogens is 403 g/mol. The third-order valence-electron chi connectivity index (χ3n) is 4.53. The molecule has 9 heteroatoms. The number of sulfonamides is 1. The monoisotopic (exact) mass is 419 g/mol. The largest absolute Gasteiger partial charge is 0.349 e. The van der Waals surface area contributed by atoms with Crippen molar-refractivity contribution in [2.24, 2.45) is 0 Å². The van der Waals surface area contributed by atoms with Crippen LogP contribution in [0.1, 0.15) is 12.8 Å². The molecule has 0 aliphatic heterocycles. The summed E-state index contributed by atoms with van der Waals surface area (Å²) in [6.45, 7) is 0. The third-order valence-corrected chi connectivity index (χ3v) is 6.39. The zero-order valence-corrected chi connectivity index (χ0v) is 15.8. The second kappa shape index (κ2) is 7.40. The van der Waals surface area contributed by atoms with Gasteiger partial charge in [0.25, 0.3) is 0 Å². The number of halogens is 3. The lowest BCUT2D eigenvalue weighted by atomic mass is 10.1. The van der Waals surface area contributed by atoms with E-state index in [-0.39, 0.29) is 11.4 Å². The first kappa shape index (κ1) is 19.3. The number of nitrogens with one attached hydrogen (secondary N) is 2. The summed E-state index contributed by atoms with van der Waals surface area (Å²) in [5.74, 6) is -3.21. The van der Waals surface area contributed by atoms with Crippen molar-refractivity contribution in [1.82, 2.24) is 4.98 Å². The Labute approximate surface area is 165 Å². The molecule has 2 aromatic carbocycles. The van der Waals surface area contributed by atoms with Crippen molar-refractivity contribution in [1.29, 1.82) is 0 Å². The molecule has 29 heavy (non-hydrogen) atoms. The summed E-state index contributed by atoms with van der Waals surface area (Å²) in [6, 6.07) is 9.56. The maximum Gasteiger partial charge on any atom is 0.235 e. The normalized spacial score (nSPS) is 13.9. The van der Waals surface area contributed by atoms with Crippen LogP contribution < -0.4 is 10.0 Å². The fourth-order valence-electron chi connectivity index (χ4n) is 2.84. The molecule has 1 aliphatic carbocycles. The van der Waals surface area contributed by atoms with Crippen LogP contribution in [0.25, 0.3) is 11.1 Å². The first-order valence-electron chi connectivity index (χ1n) is 8.82. The van der Waals surface area contributed by atoms with E-state index < -0.39 is 38.4 Å². The molecule has 1 heterocycles. The minimum Gasteiger partial charge on any atom is -0.349 e. The maximum atomic E-state index is 14.6. The number of hydrogen-bond donors (Lipinski definition) is 2. The molecule has 0 spiro atoms. The molecular formula is C20H16F3N3O2S. The Morgan fingerprint density at radius 3 is 2.34 bits per heavy atom. The van der Waals surface area contributed by atoms with E-state index in [9.17, 15) is 21.6 Å². The van der Waals surface area contributed by atoms with E-state index in [0.717, 1.165) is 12.1 Å². The zero-order valence-electron chi connectivity index (χ0n) is 15.0. The van der Waals surface area contributed by atoms with Crippen molar-refractivity contribution in [3.8, 4) is 11.1 Å². The molecule has 3 aromatic rings. The van der Waals surface area contributed by atoms with Gasteiger partial charge < -0.3 is 5.32 Å². The Morgan fingerprint density at radius 2 is 1.69 bits per heavy atom. The van der Waals surface area contributed by atoms with E-state index in [1.807, 2.05) is 0 Å². The van der Waals surface area contributed by atoms with Crippen LogP contribution in [0.2, 0.25) is 0 Å². The lowest BCUT2D eigenvalue weighted by Gasteiger charge is -2.16. The van der Waals surface area contributed by atoms with E-state index in [1.54, 1.807) is 30.6 Å². The number of anilines is 3. The SMILES string of the molecule is O=S(=O)(Nc1ccc(F)c(F)c1Nc1ccc(-c2cccnc2)cc1F)C1CC1. The number of pyridine rings is 1. The summed E-state index contributed by atoms with van der Waals surface area (Å²) < 4.78 is 69.5. The minimum atomic E-state index is -3.72. The summed E-state index contributed by atoms with van der Waals surface area (Å²) in [4.78, 5) is 3.97. The summed E-state index contributed by atoms with van der Waals surface area (Å²) in [6.07, 6.45) is 4.17. The fraction of sp³-hybridized carbons (Fsp3) is 0.150. The quantitative estimate of drug-likeness (QED) is 0.601. The molecule has 150 valence electrons. The van der Waals surface area contributed by atoms with E-state index in [1.165, 1.54) is 12.1 Å². The van der Waals surface area contributed by atoms with Crippen LogP contribution in [0.15, 0.2) is 54.9 Å². The van der Waals surface area contributed by atoms with Crippen LogP contribution in [-0.4, -0.2) is 18.7 Å². The second-order valence-electron chi connectivity index (χ2n) is 6.69. The Bertz CT molecular complexity index is 1170. The Balaban J connectivity index is 1.68. The molecule has 1 fully saturated rings. The van der Waals surface area contributed by atoms with Crippen molar-refractivity contribution in [3.63, 3.8) is 0 Å². The number of nitrogens with zero attached hydrogens (tertiary/aromatic N) is 1. The second-order valence-corrected chi connectivity index (χ2v) is 8.65. The van der Waals surface area contributed by atoms with Gasteiger partial charge in [-0.2, -0.15) is 0 Å². The van der Waals surface area contributed by atoms with E-state index in [2.05, 4.69) is 15.0 Å². The Hall–Kier alpha value is -3.07. The molecule has 0 atom stereocenters. The zero-order chi connectivity index (χ0) is 20.6. The summed E-state index contributed by atoms with van der Waals surface area (Å²) in [5, 5.41) is 1.92. The average molecular weight is 419 g/mol. The van der Waals surface area contributed by atoms with Crippen molar-refractivity contribution in [2.45, 2.75) is 18.1 Å². The van der Waals surface area contributed by atoms with Crippen LogP contribution in [0.5, 0.6) is 0 Å². The highest BCUT2D eigenvalue weighted by Gasteiger charge is 2.36. The standard InChI is InChI=1S/C20H16F3N3O2S/c21-15-6-8-18(26-29(27,28)14-4-5-14)20(19(15)23)25-17-7-3-12(10-16(17)22)13-2-1-9-24-11-13/h1-3,6-11,14,25-26H,4-5H2. The molecule has 0 bridgehead atoms. The number of aromatic nitrogens is 1. The predicted octanol–water partition coefficient (Wildman–Crippen LogP) is 4.81. The van der Waals surface area contributed by atoms with Gasteiger partial charge in [0.1, 0.15) is 11.5 Å². The fourth-order valence-corrected chi connectivity index (χ4v) is 4.24. The van der Waals surface area contributed by atoms with E-state index in [4.69, 9.17) is 0 Å². The first-order chi connectivity index (χ1) is 13.8. The van der Waals surface area contributed by atoms with E-state index in [0.29, 0.717) is 24.0 Å². The smallest absolute Gasteiger partial charge is 0.235 e. The molecule has 5 nitrogen and oxygen atoms in total. The van der Waals surface area contributed by atoms with Crippen molar-refractivity contribution in [2.75, 3.05) is 10.0 Å². The van der Waals surface area contributed by atoms with Crippen molar-refractivity contribution >= 4 is 27.1 Å². The van der Waals surface area contributed by atoms with Crippen LogP contribution in [-0.2, 0) is 10.0 Å². The van der Waals surface area contributed by atoms with Gasteiger partial charge in [-0.15, -0.1) is 0 Å². The highest BCUT2D eigenvalue weighted by atomic mass is 32.2. The number of rotatable bonds is 6. The van der Waals surface area contributed by atoms with Crippen LogP contribution in [0.4, 0.5) is 30.2 Å². The topological polar surface area (TPSA) is 71.1 Å². The molecule has 0 saturated heterocycles. The third kappa shape index (κ3) is 4.04. The highest BCUT2D eigenvalue weighted by Crippen LogP contribution is 2.36. The molecule has 1 saturated carbocycles. The van der Waals surface area contributed by atoms with Gasteiger partial charge in [-0.25, -0.2) is 21.6 Å². The summed E-state index contributed by atoms with van der Waals surface area (Å²) >= 11 is 0. The highest BCUT2D eigenvalue weighted by molar-refractivity contribution is 7.93. The number of benzene rings is 2. The van der Waals surface area contributed by atoms with Crippen LogP contribution >= 0.6 is 0 Å². The van der Waals surface area contributed by atoms with Gasteiger partial charge in [0.2, 0.25) is 10.0 Å². The van der Waals surface area contributed by atoms with Crippen molar-refractivity contribution in [3.05, 3.63) is 72.3 Å². The molecule has 2 N–H and O–H groups in total. The lowest BCUT2D eigenvalue weighted by molar-refractivity contribution is 0.512. The predicted molar refractivity (Wildman–Crippen MR) is 105 cm³/mol. The Morgan fingerprint density at radius 1 is 0.931 bits per heavy atom. The molecule has 0 amide bonds. The molecule has 0 radical (unpaired) electrons. The summed E-state index contributed by atoms with van der Waals surface area (Å²) in [5.41, 5.74) is 0.436.